The lowest BCUT2D eigenvalue weighted by Gasteiger charge is -2.11. The van der Waals surface area contributed by atoms with Crippen LogP contribution in [0.2, 0.25) is 0 Å². The molecule has 3 aromatic rings. The van der Waals surface area contributed by atoms with Crippen LogP contribution in [-0.4, -0.2) is 13.1 Å². The van der Waals surface area contributed by atoms with Gasteiger partial charge in [-0.3, -0.25) is 0 Å². The number of rotatable bonds is 4. The van der Waals surface area contributed by atoms with Crippen molar-refractivity contribution < 1.29 is 14.3 Å². The van der Waals surface area contributed by atoms with Gasteiger partial charge in [-0.1, -0.05) is 48.5 Å². The van der Waals surface area contributed by atoms with Crippen LogP contribution >= 0.6 is 0 Å². The first kappa shape index (κ1) is 15.1. The van der Waals surface area contributed by atoms with E-state index in [1.54, 1.807) is 7.11 Å². The lowest BCUT2D eigenvalue weighted by Crippen LogP contribution is -2.08. The fourth-order valence-corrected chi connectivity index (χ4v) is 2.54. The Bertz CT molecular complexity index is 852. The first-order valence-corrected chi connectivity index (χ1v) is 7.47. The molecule has 0 saturated heterocycles. The van der Waals surface area contributed by atoms with Crippen LogP contribution in [0, 0.1) is 6.92 Å². The largest absolute Gasteiger partial charge is 0.496 e. The van der Waals surface area contributed by atoms with Crippen LogP contribution in [-0.2, 0) is 11.3 Å². The summed E-state index contributed by atoms with van der Waals surface area (Å²) in [6.07, 6.45) is 0. The summed E-state index contributed by atoms with van der Waals surface area (Å²) in [6, 6.07) is 19.4. The molecule has 0 aliphatic heterocycles. The molecule has 0 spiro atoms. The van der Waals surface area contributed by atoms with E-state index in [-0.39, 0.29) is 12.6 Å². The van der Waals surface area contributed by atoms with Gasteiger partial charge in [-0.05, 0) is 41.0 Å². The van der Waals surface area contributed by atoms with Crippen LogP contribution in [0.5, 0.6) is 5.75 Å². The van der Waals surface area contributed by atoms with Crippen LogP contribution in [0.3, 0.4) is 0 Å². The van der Waals surface area contributed by atoms with E-state index >= 15 is 0 Å². The number of carbonyl (C=O) groups is 1. The molecule has 0 aromatic heterocycles. The Kier molecular flexibility index (Phi) is 4.29. The minimum atomic E-state index is -0.379. The molecule has 0 aliphatic carbocycles. The second-order valence-corrected chi connectivity index (χ2v) is 5.40. The molecule has 116 valence electrons. The number of fused-ring (bicyclic) bond motifs is 1. The zero-order valence-corrected chi connectivity index (χ0v) is 13.2. The van der Waals surface area contributed by atoms with E-state index in [2.05, 4.69) is 0 Å². The summed E-state index contributed by atoms with van der Waals surface area (Å²) < 4.78 is 10.8. The average molecular weight is 306 g/mol. The fraction of sp³-hybridized carbons (Fsp3) is 0.150. The van der Waals surface area contributed by atoms with Crippen LogP contribution < -0.4 is 4.74 Å². The van der Waals surface area contributed by atoms with Gasteiger partial charge in [-0.25, -0.2) is 4.79 Å². The summed E-state index contributed by atoms with van der Waals surface area (Å²) in [7, 11) is 1.56. The Morgan fingerprint density at radius 1 is 0.957 bits per heavy atom. The molecule has 3 heteroatoms. The maximum atomic E-state index is 12.5. The molecule has 3 nitrogen and oxygen atoms in total. The number of methoxy groups -OCH3 is 1. The molecule has 0 unspecified atom stereocenters. The number of carbonyl (C=O) groups excluding carboxylic acids is 1. The molecular weight excluding hydrogens is 288 g/mol. The molecular formula is C20H18O3. The van der Waals surface area contributed by atoms with E-state index < -0.39 is 0 Å². The van der Waals surface area contributed by atoms with Gasteiger partial charge in [0.2, 0.25) is 0 Å². The molecule has 3 aromatic carbocycles. The zero-order valence-electron chi connectivity index (χ0n) is 13.2. The van der Waals surface area contributed by atoms with E-state index in [4.69, 9.17) is 9.47 Å². The summed E-state index contributed by atoms with van der Waals surface area (Å²) in [4.78, 5) is 12.5. The number of ether oxygens (including phenoxy) is 2. The Balaban J connectivity index is 1.86. The minimum Gasteiger partial charge on any atom is -0.496 e. The third-order valence-electron chi connectivity index (χ3n) is 3.91. The van der Waals surface area contributed by atoms with Gasteiger partial charge >= 0.3 is 5.97 Å². The summed E-state index contributed by atoms with van der Waals surface area (Å²) in [5.74, 6) is 0.148. The Labute approximate surface area is 135 Å². The third-order valence-corrected chi connectivity index (χ3v) is 3.91. The molecule has 0 amide bonds. The fourth-order valence-electron chi connectivity index (χ4n) is 2.54. The van der Waals surface area contributed by atoms with Gasteiger partial charge in [0.15, 0.2) is 0 Å². The maximum Gasteiger partial charge on any atom is 0.342 e. The quantitative estimate of drug-likeness (QED) is 0.665. The zero-order chi connectivity index (χ0) is 16.2. The highest BCUT2D eigenvalue weighted by molar-refractivity contribution is 5.98. The van der Waals surface area contributed by atoms with Gasteiger partial charge in [0.05, 0.1) is 7.11 Å². The third kappa shape index (κ3) is 3.19. The van der Waals surface area contributed by atoms with E-state index in [9.17, 15) is 4.79 Å². The highest BCUT2D eigenvalue weighted by Crippen LogP contribution is 2.27. The summed E-state index contributed by atoms with van der Waals surface area (Å²) in [5.41, 5.74) is 2.55. The van der Waals surface area contributed by atoms with Crippen molar-refractivity contribution in [2.75, 3.05) is 7.11 Å². The Hall–Kier alpha value is -2.81. The summed E-state index contributed by atoms with van der Waals surface area (Å²) in [5, 5.41) is 2.01. The molecule has 23 heavy (non-hydrogen) atoms. The highest BCUT2D eigenvalue weighted by Gasteiger charge is 2.15. The van der Waals surface area contributed by atoms with Gasteiger partial charge in [0.25, 0.3) is 0 Å². The minimum absolute atomic E-state index is 0.251. The molecule has 0 saturated carbocycles. The predicted molar refractivity (Wildman–Crippen MR) is 90.8 cm³/mol. The predicted octanol–water partition coefficient (Wildman–Crippen LogP) is 4.51. The molecule has 3 rings (SSSR count). The number of hydrogen-bond donors (Lipinski definition) is 0. The number of esters is 1. The average Bonchev–Trinajstić information content (AvgIpc) is 2.59. The molecule has 0 radical (unpaired) electrons. The lowest BCUT2D eigenvalue weighted by molar-refractivity contribution is 0.0468. The second-order valence-electron chi connectivity index (χ2n) is 5.40. The van der Waals surface area contributed by atoms with Crippen molar-refractivity contribution in [2.45, 2.75) is 13.5 Å². The Morgan fingerprint density at radius 2 is 1.61 bits per heavy atom. The van der Waals surface area contributed by atoms with Crippen LogP contribution in [0.15, 0.2) is 60.7 Å². The number of aryl methyl sites for hydroxylation is 1. The van der Waals surface area contributed by atoms with Gasteiger partial charge in [-0.15, -0.1) is 0 Å². The van der Waals surface area contributed by atoms with Crippen molar-refractivity contribution in [1.29, 1.82) is 0 Å². The normalized spacial score (nSPS) is 10.5. The van der Waals surface area contributed by atoms with E-state index in [0.717, 1.165) is 21.9 Å². The second kappa shape index (κ2) is 6.53. The monoisotopic (exact) mass is 306 g/mol. The van der Waals surface area contributed by atoms with Gasteiger partial charge in [0.1, 0.15) is 17.9 Å². The first-order chi connectivity index (χ1) is 11.2. The Morgan fingerprint density at radius 3 is 2.30 bits per heavy atom. The van der Waals surface area contributed by atoms with E-state index in [1.165, 1.54) is 0 Å². The van der Waals surface area contributed by atoms with Gasteiger partial charge in [0, 0.05) is 0 Å². The van der Waals surface area contributed by atoms with Crippen molar-refractivity contribution in [2.24, 2.45) is 0 Å². The van der Waals surface area contributed by atoms with Crippen molar-refractivity contribution in [3.8, 4) is 5.75 Å². The first-order valence-electron chi connectivity index (χ1n) is 7.47. The number of benzene rings is 3. The van der Waals surface area contributed by atoms with E-state index in [1.807, 2.05) is 67.6 Å². The van der Waals surface area contributed by atoms with Crippen molar-refractivity contribution >= 4 is 16.7 Å². The number of hydrogen-bond acceptors (Lipinski definition) is 3. The van der Waals surface area contributed by atoms with Gasteiger partial charge < -0.3 is 9.47 Å². The standard InChI is InChI=1S/C20H18O3/c1-14-7-3-4-10-17(14)13-23-20(21)18-11-15-8-5-6-9-16(15)12-19(18)22-2/h3-12H,13H2,1-2H3. The SMILES string of the molecule is COc1cc2ccccc2cc1C(=O)OCc1ccccc1C. The summed E-state index contributed by atoms with van der Waals surface area (Å²) >= 11 is 0. The van der Waals surface area contributed by atoms with Crippen molar-refractivity contribution in [3.63, 3.8) is 0 Å². The van der Waals surface area contributed by atoms with Gasteiger partial charge in [-0.2, -0.15) is 0 Å². The lowest BCUT2D eigenvalue weighted by atomic mass is 10.1. The smallest absolute Gasteiger partial charge is 0.342 e. The molecule has 0 heterocycles. The summed E-state index contributed by atoms with van der Waals surface area (Å²) in [6.45, 7) is 2.25. The molecule has 0 fully saturated rings. The van der Waals surface area contributed by atoms with Crippen LogP contribution in [0.4, 0.5) is 0 Å². The molecule has 0 N–H and O–H groups in total. The molecule has 0 bridgehead atoms. The van der Waals surface area contributed by atoms with Crippen LogP contribution in [0.25, 0.3) is 10.8 Å². The molecule has 0 atom stereocenters. The van der Waals surface area contributed by atoms with Crippen molar-refractivity contribution in [1.82, 2.24) is 0 Å². The maximum absolute atomic E-state index is 12.5. The van der Waals surface area contributed by atoms with Crippen molar-refractivity contribution in [3.05, 3.63) is 77.4 Å². The molecule has 0 aliphatic rings. The topological polar surface area (TPSA) is 35.5 Å². The van der Waals surface area contributed by atoms with Crippen LogP contribution in [0.1, 0.15) is 21.5 Å². The van der Waals surface area contributed by atoms with E-state index in [0.29, 0.717) is 11.3 Å². The highest BCUT2D eigenvalue weighted by atomic mass is 16.5.